The molecule has 0 radical (unpaired) electrons. The molecule has 0 unspecified atom stereocenters. The molecular weight excluding hydrogens is 462 g/mol. The molecule has 0 heterocycles. The Morgan fingerprint density at radius 2 is 1.59 bits per heavy atom. The van der Waals surface area contributed by atoms with Crippen LogP contribution in [-0.4, -0.2) is 24.5 Å². The minimum absolute atomic E-state index is 0.0787. The van der Waals surface area contributed by atoms with Crippen LogP contribution in [0.15, 0.2) is 76.7 Å². The average molecular weight is 476 g/mol. The summed E-state index contributed by atoms with van der Waals surface area (Å²) in [6.07, 6.45) is 1.14. The first-order chi connectivity index (χ1) is 15.2. The Balaban J connectivity index is 1.98. The third kappa shape index (κ3) is 5.17. The van der Waals surface area contributed by atoms with Gasteiger partial charge in [-0.3, -0.25) is 30.4 Å². The normalized spacial score (nSPS) is 11.3. The molecular formula is C19H14ClN5O6S. The van der Waals surface area contributed by atoms with Crippen LogP contribution in [-0.2, 0) is 10.0 Å². The molecule has 0 amide bonds. The van der Waals surface area contributed by atoms with Crippen LogP contribution in [0.25, 0.3) is 0 Å². The van der Waals surface area contributed by atoms with Gasteiger partial charge in [-0.15, -0.1) is 0 Å². The smallest absolute Gasteiger partial charge is 0.278 e. The van der Waals surface area contributed by atoms with Crippen molar-refractivity contribution in [2.75, 3.05) is 10.1 Å². The van der Waals surface area contributed by atoms with Crippen LogP contribution in [0.3, 0.4) is 0 Å². The maximum Gasteiger partial charge on any atom is 0.278 e. The van der Waals surface area contributed by atoms with Crippen molar-refractivity contribution in [1.82, 2.24) is 0 Å². The van der Waals surface area contributed by atoms with E-state index in [-0.39, 0.29) is 27.6 Å². The topological polar surface area (TPSA) is 157 Å². The Hall–Kier alpha value is -4.03. The lowest BCUT2D eigenvalue weighted by Gasteiger charge is -2.12. The molecule has 3 rings (SSSR count). The highest BCUT2D eigenvalue weighted by Gasteiger charge is 2.23. The standard InChI is InChI=1S/C19H14ClN5O6S/c20-15-6-2-3-7-16(15)23-32(30,31)19-11-14(24(26)27)9-10-17(19)22-21-12-13-5-1-4-8-18(13)25(28)29/h1-12,22-23H. The number of para-hydroxylation sites is 2. The average Bonchev–Trinajstić information content (AvgIpc) is 2.75. The molecule has 3 aromatic carbocycles. The molecule has 0 fully saturated rings. The first-order valence-electron chi connectivity index (χ1n) is 8.77. The van der Waals surface area contributed by atoms with Crippen molar-refractivity contribution in [2.45, 2.75) is 4.90 Å². The Morgan fingerprint density at radius 3 is 2.28 bits per heavy atom. The number of nitrogens with zero attached hydrogens (tertiary/aromatic N) is 3. The number of hydrogen-bond acceptors (Lipinski definition) is 8. The summed E-state index contributed by atoms with van der Waals surface area (Å²) in [5, 5.41) is 26.3. The van der Waals surface area contributed by atoms with Crippen molar-refractivity contribution in [2.24, 2.45) is 5.10 Å². The monoisotopic (exact) mass is 475 g/mol. The summed E-state index contributed by atoms with van der Waals surface area (Å²) in [7, 11) is -4.32. The molecule has 0 bridgehead atoms. The molecule has 13 heteroatoms. The van der Waals surface area contributed by atoms with Crippen molar-refractivity contribution < 1.29 is 18.3 Å². The van der Waals surface area contributed by atoms with Crippen LogP contribution in [0.4, 0.5) is 22.7 Å². The number of benzene rings is 3. The molecule has 0 saturated carbocycles. The molecule has 0 aliphatic carbocycles. The van der Waals surface area contributed by atoms with Crippen LogP contribution in [0, 0.1) is 20.2 Å². The Labute approximate surface area is 186 Å². The zero-order valence-corrected chi connectivity index (χ0v) is 17.6. The maximum atomic E-state index is 13.0. The van der Waals surface area contributed by atoms with E-state index in [1.165, 1.54) is 30.3 Å². The summed E-state index contributed by atoms with van der Waals surface area (Å²) in [5.41, 5.74) is 1.97. The van der Waals surface area contributed by atoms with Gasteiger partial charge < -0.3 is 0 Å². The fraction of sp³-hybridized carbons (Fsp3) is 0. The van der Waals surface area contributed by atoms with Gasteiger partial charge in [-0.25, -0.2) is 8.42 Å². The molecule has 11 nitrogen and oxygen atoms in total. The fourth-order valence-electron chi connectivity index (χ4n) is 2.62. The van der Waals surface area contributed by atoms with Crippen LogP contribution in [0.1, 0.15) is 5.56 Å². The number of rotatable bonds is 8. The molecule has 0 atom stereocenters. The summed E-state index contributed by atoms with van der Waals surface area (Å²) in [4.78, 5) is 20.5. The van der Waals surface area contributed by atoms with Gasteiger partial charge in [-0.05, 0) is 24.3 Å². The number of hydrazone groups is 1. The first kappa shape index (κ1) is 22.7. The summed E-state index contributed by atoms with van der Waals surface area (Å²) in [6.45, 7) is 0. The van der Waals surface area contributed by atoms with Gasteiger partial charge in [-0.1, -0.05) is 35.9 Å². The lowest BCUT2D eigenvalue weighted by atomic mass is 10.2. The maximum absolute atomic E-state index is 13.0. The molecule has 3 aromatic rings. The number of anilines is 2. The molecule has 164 valence electrons. The van der Waals surface area contributed by atoms with Gasteiger partial charge in [-0.2, -0.15) is 5.10 Å². The molecule has 0 aliphatic rings. The predicted octanol–water partition coefficient (Wildman–Crippen LogP) is 4.40. The molecule has 32 heavy (non-hydrogen) atoms. The van der Waals surface area contributed by atoms with Gasteiger partial charge in [0, 0.05) is 18.2 Å². The van der Waals surface area contributed by atoms with Crippen molar-refractivity contribution in [1.29, 1.82) is 0 Å². The van der Waals surface area contributed by atoms with E-state index in [0.29, 0.717) is 0 Å². The minimum atomic E-state index is -4.32. The SMILES string of the molecule is O=[N+]([O-])c1ccc(NN=Cc2ccccc2[N+](=O)[O-])c(S(=O)(=O)Nc2ccccc2Cl)c1. The zero-order chi connectivity index (χ0) is 23.3. The third-order valence-electron chi connectivity index (χ3n) is 4.11. The van der Waals surface area contributed by atoms with Crippen molar-refractivity contribution in [3.63, 3.8) is 0 Å². The highest BCUT2D eigenvalue weighted by Crippen LogP contribution is 2.30. The number of non-ortho nitro benzene ring substituents is 1. The predicted molar refractivity (Wildman–Crippen MR) is 120 cm³/mol. The highest BCUT2D eigenvalue weighted by atomic mass is 35.5. The van der Waals surface area contributed by atoms with Crippen molar-refractivity contribution in [3.05, 3.63) is 97.5 Å². The number of nitro benzene ring substituents is 2. The lowest BCUT2D eigenvalue weighted by molar-refractivity contribution is -0.385. The van der Waals surface area contributed by atoms with Crippen LogP contribution in [0.5, 0.6) is 0 Å². The van der Waals surface area contributed by atoms with Crippen LogP contribution >= 0.6 is 11.6 Å². The molecule has 0 aliphatic heterocycles. The molecule has 2 N–H and O–H groups in total. The van der Waals surface area contributed by atoms with E-state index in [0.717, 1.165) is 24.4 Å². The number of sulfonamides is 1. The second kappa shape index (κ2) is 9.41. The Kier molecular flexibility index (Phi) is 6.66. The van der Waals surface area contributed by atoms with Gasteiger partial charge in [0.25, 0.3) is 21.4 Å². The molecule has 0 aromatic heterocycles. The van der Waals surface area contributed by atoms with E-state index in [4.69, 9.17) is 11.6 Å². The lowest BCUT2D eigenvalue weighted by Crippen LogP contribution is -2.15. The van der Waals surface area contributed by atoms with E-state index >= 15 is 0 Å². The van der Waals surface area contributed by atoms with E-state index in [2.05, 4.69) is 15.2 Å². The number of nitrogens with one attached hydrogen (secondary N) is 2. The van der Waals surface area contributed by atoms with Crippen LogP contribution in [0.2, 0.25) is 5.02 Å². The summed E-state index contributed by atoms with van der Waals surface area (Å²) in [6, 6.07) is 15.0. The van der Waals surface area contributed by atoms with E-state index in [9.17, 15) is 28.6 Å². The largest absolute Gasteiger partial charge is 0.278 e. The van der Waals surface area contributed by atoms with Gasteiger partial charge in [0.2, 0.25) is 0 Å². The quantitative estimate of drug-likeness (QED) is 0.277. The summed E-state index contributed by atoms with van der Waals surface area (Å²) in [5.74, 6) is 0. The van der Waals surface area contributed by atoms with Crippen LogP contribution < -0.4 is 10.1 Å². The number of nitro groups is 2. The second-order valence-corrected chi connectivity index (χ2v) is 8.27. The molecule has 0 saturated heterocycles. The van der Waals surface area contributed by atoms with Gasteiger partial charge in [0.15, 0.2) is 0 Å². The molecule has 0 spiro atoms. The van der Waals surface area contributed by atoms with E-state index in [1.54, 1.807) is 18.2 Å². The van der Waals surface area contributed by atoms with Crippen molar-refractivity contribution in [3.8, 4) is 0 Å². The minimum Gasteiger partial charge on any atom is -0.278 e. The zero-order valence-electron chi connectivity index (χ0n) is 16.0. The first-order valence-corrected chi connectivity index (χ1v) is 10.6. The summed E-state index contributed by atoms with van der Waals surface area (Å²) >= 11 is 6.00. The third-order valence-corrected chi connectivity index (χ3v) is 5.84. The Morgan fingerprint density at radius 1 is 0.906 bits per heavy atom. The Bertz CT molecular complexity index is 1330. The number of hydrogen-bond donors (Lipinski definition) is 2. The van der Waals surface area contributed by atoms with E-state index in [1.807, 2.05) is 0 Å². The van der Waals surface area contributed by atoms with Gasteiger partial charge in [0.1, 0.15) is 4.90 Å². The number of halogens is 1. The second-order valence-electron chi connectivity index (χ2n) is 6.21. The van der Waals surface area contributed by atoms with Gasteiger partial charge >= 0.3 is 0 Å². The van der Waals surface area contributed by atoms with E-state index < -0.39 is 30.5 Å². The van der Waals surface area contributed by atoms with Crippen molar-refractivity contribution >= 4 is 50.6 Å². The summed E-state index contributed by atoms with van der Waals surface area (Å²) < 4.78 is 28.2. The fourth-order valence-corrected chi connectivity index (χ4v) is 4.11. The van der Waals surface area contributed by atoms with Gasteiger partial charge in [0.05, 0.1) is 38.0 Å². The highest BCUT2D eigenvalue weighted by molar-refractivity contribution is 7.93.